The van der Waals surface area contributed by atoms with Crippen molar-refractivity contribution < 1.29 is 14.7 Å². The van der Waals surface area contributed by atoms with Crippen molar-refractivity contribution in [3.05, 3.63) is 64.7 Å². The Hall–Kier alpha value is -2.62. The number of fused-ring (bicyclic) bond motifs is 3. The molecule has 1 amide bonds. The van der Waals surface area contributed by atoms with Gasteiger partial charge in [-0.1, -0.05) is 51.5 Å². The fourth-order valence-corrected chi connectivity index (χ4v) is 6.16. The van der Waals surface area contributed by atoms with E-state index in [-0.39, 0.29) is 23.2 Å². The Labute approximate surface area is 185 Å². The molecule has 2 aromatic carbocycles. The molecular weight excluding hydrogens is 386 g/mol. The van der Waals surface area contributed by atoms with E-state index in [9.17, 15) is 14.7 Å². The van der Waals surface area contributed by atoms with Crippen LogP contribution < -0.4 is 5.32 Å². The van der Waals surface area contributed by atoms with Crippen LogP contribution >= 0.6 is 0 Å². The molecular formula is C27H33NO3. The standard InChI is InChI=1S/C27H33NO3/c1-17(2)20-15-19-11-12-23-26(3,13-8-14-27(23,4)25(30)31)21(19)16-22(20)28-24(29)18-9-6-5-7-10-18/h5-7,9-10,15-17,23H,8,11-14H2,1-4H3,(H,28,29)(H,30,31)/t23-,26-,27-/m1/s1. The number of rotatable bonds is 4. The van der Waals surface area contributed by atoms with Crippen molar-refractivity contribution in [3.63, 3.8) is 0 Å². The molecule has 1 saturated carbocycles. The Bertz CT molecular complexity index is 1010. The Kier molecular flexibility index (Phi) is 5.45. The lowest BCUT2D eigenvalue weighted by molar-refractivity contribution is -0.157. The van der Waals surface area contributed by atoms with Gasteiger partial charge in [0.25, 0.3) is 5.91 Å². The minimum absolute atomic E-state index is 0.0984. The van der Waals surface area contributed by atoms with Gasteiger partial charge in [0.15, 0.2) is 0 Å². The lowest BCUT2D eigenvalue weighted by Gasteiger charge is -2.53. The predicted octanol–water partition coefficient (Wildman–Crippen LogP) is 6.16. The Balaban J connectivity index is 1.79. The van der Waals surface area contributed by atoms with Gasteiger partial charge in [-0.25, -0.2) is 0 Å². The zero-order valence-electron chi connectivity index (χ0n) is 19.0. The number of hydrogen-bond acceptors (Lipinski definition) is 2. The van der Waals surface area contributed by atoms with Crippen molar-refractivity contribution in [2.24, 2.45) is 11.3 Å². The van der Waals surface area contributed by atoms with Crippen LogP contribution in [0, 0.1) is 11.3 Å². The van der Waals surface area contributed by atoms with Gasteiger partial charge in [-0.05, 0) is 84.7 Å². The molecule has 2 aliphatic rings. The van der Waals surface area contributed by atoms with E-state index in [0.717, 1.165) is 43.4 Å². The third kappa shape index (κ3) is 3.56. The number of aliphatic carboxylic acids is 1. The summed E-state index contributed by atoms with van der Waals surface area (Å²) in [6, 6.07) is 13.7. The van der Waals surface area contributed by atoms with Crippen LogP contribution in [-0.2, 0) is 16.6 Å². The van der Waals surface area contributed by atoms with Crippen molar-refractivity contribution in [1.82, 2.24) is 0 Å². The molecule has 0 radical (unpaired) electrons. The Morgan fingerprint density at radius 2 is 1.81 bits per heavy atom. The van der Waals surface area contributed by atoms with Crippen LogP contribution in [0.15, 0.2) is 42.5 Å². The smallest absolute Gasteiger partial charge is 0.309 e. The molecule has 0 aliphatic heterocycles. The van der Waals surface area contributed by atoms with Crippen molar-refractivity contribution in [3.8, 4) is 0 Å². The lowest BCUT2D eigenvalue weighted by atomic mass is 9.49. The molecule has 0 unspecified atom stereocenters. The molecule has 1 fully saturated rings. The van der Waals surface area contributed by atoms with Crippen LogP contribution in [0.1, 0.15) is 86.3 Å². The van der Waals surface area contributed by atoms with Crippen LogP contribution in [0.5, 0.6) is 0 Å². The van der Waals surface area contributed by atoms with Gasteiger partial charge in [-0.2, -0.15) is 0 Å². The quantitative estimate of drug-likeness (QED) is 0.624. The van der Waals surface area contributed by atoms with E-state index < -0.39 is 11.4 Å². The molecule has 2 aliphatic carbocycles. The van der Waals surface area contributed by atoms with E-state index in [0.29, 0.717) is 5.56 Å². The molecule has 0 aromatic heterocycles. The highest BCUT2D eigenvalue weighted by molar-refractivity contribution is 6.04. The summed E-state index contributed by atoms with van der Waals surface area (Å²) in [6.45, 7) is 8.47. The van der Waals surface area contributed by atoms with Crippen molar-refractivity contribution >= 4 is 17.6 Å². The van der Waals surface area contributed by atoms with E-state index in [1.54, 1.807) is 0 Å². The topological polar surface area (TPSA) is 66.4 Å². The average molecular weight is 420 g/mol. The SMILES string of the molecule is CC(C)c1cc2c(cc1NC(=O)c1ccccc1)[C@@]1(C)CCC[C@@](C)(C(=O)O)[C@@H]1CC2. The number of benzene rings is 2. The van der Waals surface area contributed by atoms with Crippen molar-refractivity contribution in [2.75, 3.05) is 5.32 Å². The molecule has 2 aromatic rings. The van der Waals surface area contributed by atoms with E-state index in [1.807, 2.05) is 37.3 Å². The summed E-state index contributed by atoms with van der Waals surface area (Å²) in [5, 5.41) is 13.2. The van der Waals surface area contributed by atoms with Crippen LogP contribution in [0.25, 0.3) is 0 Å². The summed E-state index contributed by atoms with van der Waals surface area (Å²) < 4.78 is 0. The summed E-state index contributed by atoms with van der Waals surface area (Å²) in [7, 11) is 0. The van der Waals surface area contributed by atoms with Crippen molar-refractivity contribution in [1.29, 1.82) is 0 Å². The molecule has 4 heteroatoms. The third-order valence-electron chi connectivity index (χ3n) is 7.92. The molecule has 2 N–H and O–H groups in total. The molecule has 4 nitrogen and oxygen atoms in total. The molecule has 31 heavy (non-hydrogen) atoms. The van der Waals surface area contributed by atoms with E-state index >= 15 is 0 Å². The first-order chi connectivity index (χ1) is 14.7. The second-order valence-corrected chi connectivity index (χ2v) is 10.2. The fourth-order valence-electron chi connectivity index (χ4n) is 6.16. The maximum atomic E-state index is 12.9. The molecule has 0 bridgehead atoms. The minimum Gasteiger partial charge on any atom is -0.481 e. The summed E-state index contributed by atoms with van der Waals surface area (Å²) in [4.78, 5) is 25.2. The van der Waals surface area contributed by atoms with Gasteiger partial charge in [0.1, 0.15) is 0 Å². The number of amides is 1. The molecule has 3 atom stereocenters. The summed E-state index contributed by atoms with van der Waals surface area (Å²) in [5.41, 5.74) is 4.28. The highest BCUT2D eigenvalue weighted by Crippen LogP contribution is 2.58. The van der Waals surface area contributed by atoms with E-state index in [1.165, 1.54) is 11.1 Å². The summed E-state index contributed by atoms with van der Waals surface area (Å²) in [6.07, 6.45) is 4.43. The average Bonchev–Trinajstić information content (AvgIpc) is 2.74. The van der Waals surface area contributed by atoms with Gasteiger partial charge in [0.05, 0.1) is 5.41 Å². The highest BCUT2D eigenvalue weighted by Gasteiger charge is 2.55. The van der Waals surface area contributed by atoms with Crippen LogP contribution in [0.2, 0.25) is 0 Å². The zero-order valence-corrected chi connectivity index (χ0v) is 19.0. The number of hydrogen-bond donors (Lipinski definition) is 2. The maximum absolute atomic E-state index is 12.9. The van der Waals surface area contributed by atoms with Gasteiger partial charge >= 0.3 is 5.97 Å². The normalized spacial score (nSPS) is 27.3. The molecule has 0 saturated heterocycles. The Morgan fingerprint density at radius 1 is 1.10 bits per heavy atom. The van der Waals surface area contributed by atoms with Crippen LogP contribution in [0.3, 0.4) is 0 Å². The van der Waals surface area contributed by atoms with E-state index in [4.69, 9.17) is 0 Å². The number of carboxylic acids is 1. The highest BCUT2D eigenvalue weighted by atomic mass is 16.4. The first-order valence-electron chi connectivity index (χ1n) is 11.4. The lowest BCUT2D eigenvalue weighted by Crippen LogP contribution is -2.52. The number of nitrogens with one attached hydrogen (secondary N) is 1. The fraction of sp³-hybridized carbons (Fsp3) is 0.481. The second-order valence-electron chi connectivity index (χ2n) is 10.2. The van der Waals surface area contributed by atoms with Crippen molar-refractivity contribution in [2.45, 2.75) is 71.1 Å². The first kappa shape index (κ1) is 21.6. The number of carbonyl (C=O) groups excluding carboxylic acids is 1. The molecule has 0 spiro atoms. The van der Waals surface area contributed by atoms with E-state index in [2.05, 4.69) is 38.2 Å². The maximum Gasteiger partial charge on any atom is 0.309 e. The summed E-state index contributed by atoms with van der Waals surface area (Å²) in [5.74, 6) is -0.416. The van der Waals surface area contributed by atoms with Crippen LogP contribution in [-0.4, -0.2) is 17.0 Å². The largest absolute Gasteiger partial charge is 0.481 e. The van der Waals surface area contributed by atoms with Gasteiger partial charge in [-0.15, -0.1) is 0 Å². The molecule has 0 heterocycles. The predicted molar refractivity (Wildman–Crippen MR) is 124 cm³/mol. The number of carboxylic acid groups (broad SMARTS) is 1. The molecule has 4 rings (SSSR count). The molecule has 164 valence electrons. The van der Waals surface area contributed by atoms with Gasteiger partial charge in [0, 0.05) is 11.3 Å². The number of anilines is 1. The second kappa shape index (κ2) is 7.81. The third-order valence-corrected chi connectivity index (χ3v) is 7.92. The number of aryl methyl sites for hydroxylation is 1. The van der Waals surface area contributed by atoms with Gasteiger partial charge < -0.3 is 10.4 Å². The van der Waals surface area contributed by atoms with Gasteiger partial charge in [0.2, 0.25) is 0 Å². The monoisotopic (exact) mass is 419 g/mol. The first-order valence-corrected chi connectivity index (χ1v) is 11.4. The minimum atomic E-state index is -0.700. The zero-order chi connectivity index (χ0) is 22.4. The number of carbonyl (C=O) groups is 2. The summed E-state index contributed by atoms with van der Waals surface area (Å²) >= 11 is 0. The Morgan fingerprint density at radius 3 is 2.45 bits per heavy atom. The van der Waals surface area contributed by atoms with Gasteiger partial charge in [-0.3, -0.25) is 9.59 Å². The van der Waals surface area contributed by atoms with Crippen LogP contribution in [0.4, 0.5) is 5.69 Å².